The van der Waals surface area contributed by atoms with Gasteiger partial charge in [0.1, 0.15) is 5.75 Å². The zero-order chi connectivity index (χ0) is 14.1. The van der Waals surface area contributed by atoms with Gasteiger partial charge in [0.05, 0.1) is 15.6 Å². The Balaban J connectivity index is 1.95. The number of halogens is 1. The van der Waals surface area contributed by atoms with Crippen molar-refractivity contribution in [1.82, 2.24) is 0 Å². The van der Waals surface area contributed by atoms with E-state index >= 15 is 0 Å². The molecule has 1 aliphatic rings. The average molecular weight is 394 g/mol. The fraction of sp³-hybridized carbons (Fsp3) is 0.0625. The lowest BCUT2D eigenvalue weighted by atomic mass is 10.1. The summed E-state index contributed by atoms with van der Waals surface area (Å²) >= 11 is 3.76. The number of benzene rings is 2. The Kier molecular flexibility index (Phi) is 3.85. The fourth-order valence-corrected chi connectivity index (χ4v) is 3.87. The number of fused-ring (bicyclic) bond motifs is 1. The molecular formula is C16H11IO2S. The minimum absolute atomic E-state index is 0.108. The molecule has 0 amide bonds. The third-order valence-corrected chi connectivity index (χ3v) is 4.99. The van der Waals surface area contributed by atoms with E-state index in [1.54, 1.807) is 7.11 Å². The number of rotatable bonds is 2. The first kappa shape index (κ1) is 13.7. The van der Waals surface area contributed by atoms with Crippen LogP contribution in [0.5, 0.6) is 5.75 Å². The quantitative estimate of drug-likeness (QED) is 0.549. The first-order valence-corrected chi connectivity index (χ1v) is 7.95. The summed E-state index contributed by atoms with van der Waals surface area (Å²) in [6.07, 6.45) is 1.94. The van der Waals surface area contributed by atoms with E-state index in [1.807, 2.05) is 48.5 Å². The molecule has 20 heavy (non-hydrogen) atoms. The lowest BCUT2D eigenvalue weighted by Crippen LogP contribution is -1.94. The van der Waals surface area contributed by atoms with E-state index in [0.717, 1.165) is 30.2 Å². The molecule has 2 nitrogen and oxygen atoms in total. The van der Waals surface area contributed by atoms with Gasteiger partial charge < -0.3 is 4.74 Å². The smallest absolute Gasteiger partial charge is 0.200 e. The molecule has 3 rings (SSSR count). The molecule has 1 heterocycles. The van der Waals surface area contributed by atoms with Crippen LogP contribution in [0.25, 0.3) is 6.08 Å². The Bertz CT molecular complexity index is 722. The van der Waals surface area contributed by atoms with Gasteiger partial charge in [-0.3, -0.25) is 4.79 Å². The van der Waals surface area contributed by atoms with E-state index in [0.29, 0.717) is 0 Å². The van der Waals surface area contributed by atoms with Gasteiger partial charge in [0.15, 0.2) is 0 Å². The zero-order valence-electron chi connectivity index (χ0n) is 10.7. The van der Waals surface area contributed by atoms with Gasteiger partial charge in [-0.1, -0.05) is 30.0 Å². The molecule has 0 spiro atoms. The number of carbonyl (C=O) groups excluding carboxylic acids is 1. The number of Topliss-reactive ketones (excluding diaryl/α,β-unsaturated/α-hetero) is 1. The summed E-state index contributed by atoms with van der Waals surface area (Å²) in [7, 11) is 1.66. The third-order valence-electron chi connectivity index (χ3n) is 3.05. The summed E-state index contributed by atoms with van der Waals surface area (Å²) in [4.78, 5) is 14.1. The molecule has 0 radical (unpaired) electrons. The van der Waals surface area contributed by atoms with Crippen molar-refractivity contribution in [3.8, 4) is 5.75 Å². The second-order valence-electron chi connectivity index (χ2n) is 4.33. The molecule has 0 N–H and O–H groups in total. The predicted molar refractivity (Wildman–Crippen MR) is 90.3 cm³/mol. The van der Waals surface area contributed by atoms with E-state index in [9.17, 15) is 4.79 Å². The molecule has 0 atom stereocenters. The number of ketones is 1. The second-order valence-corrected chi connectivity index (χ2v) is 6.58. The normalized spacial score (nSPS) is 15.5. The molecule has 100 valence electrons. The number of allylic oxidation sites excluding steroid dienone is 1. The lowest BCUT2D eigenvalue weighted by molar-refractivity contribution is 0.104. The lowest BCUT2D eigenvalue weighted by Gasteiger charge is -2.04. The van der Waals surface area contributed by atoms with Gasteiger partial charge in [0.25, 0.3) is 0 Å². The van der Waals surface area contributed by atoms with Crippen LogP contribution < -0.4 is 4.74 Å². The molecule has 0 aliphatic carbocycles. The predicted octanol–water partition coefficient (Wildman–Crippen LogP) is 4.63. The fourth-order valence-electron chi connectivity index (χ4n) is 2.06. The van der Waals surface area contributed by atoms with Crippen LogP contribution in [0.4, 0.5) is 0 Å². The first-order chi connectivity index (χ1) is 9.69. The molecule has 2 aromatic rings. The SMILES string of the molecule is COc1ccc(/C=C2\Sc3ccccc3C2=O)cc1I. The summed E-state index contributed by atoms with van der Waals surface area (Å²) in [5, 5.41) is 0. The van der Waals surface area contributed by atoms with Crippen molar-refractivity contribution in [2.45, 2.75) is 4.90 Å². The maximum absolute atomic E-state index is 12.3. The molecule has 2 aromatic carbocycles. The highest BCUT2D eigenvalue weighted by Gasteiger charge is 2.25. The topological polar surface area (TPSA) is 26.3 Å². The monoisotopic (exact) mass is 394 g/mol. The largest absolute Gasteiger partial charge is 0.496 e. The van der Waals surface area contributed by atoms with Crippen LogP contribution in [0.15, 0.2) is 52.3 Å². The Hall–Kier alpha value is -1.27. The average Bonchev–Trinajstić information content (AvgIpc) is 2.76. The van der Waals surface area contributed by atoms with E-state index in [2.05, 4.69) is 22.6 Å². The highest BCUT2D eigenvalue weighted by Crippen LogP contribution is 2.40. The molecular weight excluding hydrogens is 383 g/mol. The maximum Gasteiger partial charge on any atom is 0.200 e. The number of hydrogen-bond donors (Lipinski definition) is 0. The molecule has 0 aromatic heterocycles. The Morgan fingerprint density at radius 3 is 2.70 bits per heavy atom. The summed E-state index contributed by atoms with van der Waals surface area (Å²) < 4.78 is 6.28. The molecule has 0 bridgehead atoms. The van der Waals surface area contributed by atoms with Crippen LogP contribution in [0.1, 0.15) is 15.9 Å². The highest BCUT2D eigenvalue weighted by atomic mass is 127. The van der Waals surface area contributed by atoms with Gasteiger partial charge in [-0.05, 0) is 58.5 Å². The number of ether oxygens (including phenoxy) is 1. The van der Waals surface area contributed by atoms with Crippen LogP contribution in [-0.2, 0) is 0 Å². The minimum Gasteiger partial charge on any atom is -0.496 e. The summed E-state index contributed by atoms with van der Waals surface area (Å²) in [5.41, 5.74) is 1.81. The van der Waals surface area contributed by atoms with Crippen molar-refractivity contribution in [3.63, 3.8) is 0 Å². The van der Waals surface area contributed by atoms with Gasteiger partial charge in [-0.15, -0.1) is 0 Å². The third kappa shape index (κ3) is 2.50. The van der Waals surface area contributed by atoms with Crippen LogP contribution >= 0.6 is 34.4 Å². The van der Waals surface area contributed by atoms with Crippen molar-refractivity contribution in [2.24, 2.45) is 0 Å². The van der Waals surface area contributed by atoms with Crippen molar-refractivity contribution < 1.29 is 9.53 Å². The number of hydrogen-bond acceptors (Lipinski definition) is 3. The Labute approximate surface area is 135 Å². The second kappa shape index (κ2) is 5.61. The van der Waals surface area contributed by atoms with E-state index in [4.69, 9.17) is 4.74 Å². The van der Waals surface area contributed by atoms with E-state index in [1.165, 1.54) is 11.8 Å². The molecule has 0 saturated carbocycles. The minimum atomic E-state index is 0.108. The molecule has 1 aliphatic heterocycles. The molecule has 0 unspecified atom stereocenters. The van der Waals surface area contributed by atoms with Crippen molar-refractivity contribution in [3.05, 3.63) is 62.1 Å². The number of carbonyl (C=O) groups is 1. The van der Waals surface area contributed by atoms with Crippen molar-refractivity contribution >= 4 is 46.2 Å². The van der Waals surface area contributed by atoms with Crippen LogP contribution in [-0.4, -0.2) is 12.9 Å². The van der Waals surface area contributed by atoms with Crippen molar-refractivity contribution in [2.75, 3.05) is 7.11 Å². The number of thioether (sulfide) groups is 1. The van der Waals surface area contributed by atoms with Gasteiger partial charge in [-0.2, -0.15) is 0 Å². The zero-order valence-corrected chi connectivity index (χ0v) is 13.7. The van der Waals surface area contributed by atoms with Gasteiger partial charge in [-0.25, -0.2) is 0 Å². The molecule has 0 fully saturated rings. The summed E-state index contributed by atoms with van der Waals surface area (Å²) in [6.45, 7) is 0. The summed E-state index contributed by atoms with van der Waals surface area (Å²) in [5.74, 6) is 0.956. The Morgan fingerprint density at radius 1 is 1.20 bits per heavy atom. The maximum atomic E-state index is 12.3. The van der Waals surface area contributed by atoms with Crippen LogP contribution in [0.2, 0.25) is 0 Å². The molecule has 0 saturated heterocycles. The van der Waals surface area contributed by atoms with Crippen LogP contribution in [0, 0.1) is 3.57 Å². The highest BCUT2D eigenvalue weighted by molar-refractivity contribution is 14.1. The number of methoxy groups -OCH3 is 1. The molecule has 4 heteroatoms. The van der Waals surface area contributed by atoms with Gasteiger partial charge in [0, 0.05) is 10.5 Å². The van der Waals surface area contributed by atoms with E-state index in [-0.39, 0.29) is 5.78 Å². The van der Waals surface area contributed by atoms with Crippen LogP contribution in [0.3, 0.4) is 0 Å². The van der Waals surface area contributed by atoms with Gasteiger partial charge >= 0.3 is 0 Å². The van der Waals surface area contributed by atoms with E-state index < -0.39 is 0 Å². The van der Waals surface area contributed by atoms with Gasteiger partial charge in [0.2, 0.25) is 5.78 Å². The summed E-state index contributed by atoms with van der Waals surface area (Å²) in [6, 6.07) is 13.6. The first-order valence-electron chi connectivity index (χ1n) is 6.06. The standard InChI is InChI=1S/C16H11IO2S/c1-19-13-7-6-10(8-12(13)17)9-15-16(18)11-4-2-3-5-14(11)20-15/h2-9H,1H3/b15-9-. The Morgan fingerprint density at radius 2 is 2.00 bits per heavy atom. The van der Waals surface area contributed by atoms with Crippen molar-refractivity contribution in [1.29, 1.82) is 0 Å².